The smallest absolute Gasteiger partial charge is 0.417 e. The van der Waals surface area contributed by atoms with E-state index in [0.29, 0.717) is 27.5 Å². The fourth-order valence-corrected chi connectivity index (χ4v) is 10.5. The largest absolute Gasteiger partial charge is 0.867 e. The molecule has 3 atom stereocenters. The molecule has 0 aliphatic rings. The zero-order valence-electron chi connectivity index (χ0n) is 36.4. The first kappa shape index (κ1) is 46.9. The van der Waals surface area contributed by atoms with Crippen LogP contribution in [-0.4, -0.2) is 16.8 Å². The lowest BCUT2D eigenvalue weighted by Gasteiger charge is -2.32. The molecule has 0 N–H and O–H groups in total. The van der Waals surface area contributed by atoms with Crippen molar-refractivity contribution in [1.29, 1.82) is 16.2 Å². The SMILES string of the molecule is CC(c1ccc(OOS(=O)c2cccc3c([O-])c([N+]#N)ccc23)cc1)(c1ccc(OS(=O)Oc2cccc3c([O-])c([N+]#N)ccc23)cc1)c1ccc(OS(=O)(=O)c2cccc3c([O-])c([N+]#N)ccc23)cc1. The Morgan fingerprint density at radius 1 is 0.493 bits per heavy atom. The van der Waals surface area contributed by atoms with Gasteiger partial charge in [0.05, 0.1) is 4.90 Å². The molecule has 0 saturated heterocycles. The minimum atomic E-state index is -4.51. The Kier molecular flexibility index (Phi) is 12.6. The highest BCUT2D eigenvalue weighted by Gasteiger charge is 2.32. The molecule has 18 nitrogen and oxygen atoms in total. The van der Waals surface area contributed by atoms with Crippen LogP contribution in [0, 0.1) is 16.2 Å². The average Bonchev–Trinajstić information content (AvgIpc) is 3.38. The van der Waals surface area contributed by atoms with Gasteiger partial charge in [0, 0.05) is 39.8 Å². The maximum absolute atomic E-state index is 13.7. The Morgan fingerprint density at radius 2 is 0.944 bits per heavy atom. The quantitative estimate of drug-likeness (QED) is 0.0322. The highest BCUT2D eigenvalue weighted by atomic mass is 32.2. The van der Waals surface area contributed by atoms with Crippen molar-refractivity contribution in [3.63, 3.8) is 0 Å². The lowest BCUT2D eigenvalue weighted by Crippen LogP contribution is -2.25. The van der Waals surface area contributed by atoms with E-state index in [0.717, 1.165) is 0 Å². The van der Waals surface area contributed by atoms with Gasteiger partial charge in [0.25, 0.3) is 0 Å². The third-order valence-corrected chi connectivity index (χ3v) is 14.5. The standard InChI is InChI=1S/C50H30N6O12S3/c1-50(29-11-17-32(18-12-29)64-68-69(60)45-9-3-6-39-36(45)24-27-42(55-52)48(39)58,30-13-19-33(20-14-30)65-70(61)66-44-8-2-5-38-35(44)23-26-41(54-51)47(38)57)31-15-21-34(22-16-31)67-71(62,63)46-10-4-7-40-37(46)25-28-43(56-53)49(40)59/h2-28H,1H3. The van der Waals surface area contributed by atoms with Gasteiger partial charge in [-0.25, -0.2) is 4.21 Å². The summed E-state index contributed by atoms with van der Waals surface area (Å²) in [5.74, 6) is -1.46. The Morgan fingerprint density at radius 3 is 1.49 bits per heavy atom. The van der Waals surface area contributed by atoms with Crippen LogP contribution in [0.5, 0.6) is 40.2 Å². The second-order valence-electron chi connectivity index (χ2n) is 15.6. The third kappa shape index (κ3) is 8.90. The molecule has 9 rings (SSSR count). The molecule has 0 fully saturated rings. The van der Waals surface area contributed by atoms with E-state index in [2.05, 4.69) is 14.9 Å². The molecule has 0 amide bonds. The summed E-state index contributed by atoms with van der Waals surface area (Å²) in [6.07, 6.45) is 0. The number of hydrogen-bond acceptors (Lipinski definition) is 15. The van der Waals surface area contributed by atoms with E-state index >= 15 is 0 Å². The van der Waals surface area contributed by atoms with Gasteiger partial charge in [-0.1, -0.05) is 77.1 Å². The monoisotopic (exact) mass is 1000 g/mol. The van der Waals surface area contributed by atoms with Crippen molar-refractivity contribution in [3.05, 3.63) is 195 Å². The zero-order valence-corrected chi connectivity index (χ0v) is 38.8. The van der Waals surface area contributed by atoms with E-state index < -0.39 is 55.2 Å². The molecule has 9 aromatic carbocycles. The summed E-state index contributed by atoms with van der Waals surface area (Å²) in [4.78, 5) is 14.3. The second kappa shape index (κ2) is 19.1. The van der Waals surface area contributed by atoms with E-state index in [4.69, 9.17) is 32.6 Å². The zero-order chi connectivity index (χ0) is 50.0. The molecule has 0 aliphatic carbocycles. The molecule has 21 heteroatoms. The number of fused-ring (bicyclic) bond motifs is 3. The molecule has 0 bridgehead atoms. The van der Waals surface area contributed by atoms with Gasteiger partial charge in [-0.15, -0.1) is 0 Å². The number of nitrogens with zero attached hydrogens (tertiary/aromatic N) is 6. The van der Waals surface area contributed by atoms with Gasteiger partial charge in [0.1, 0.15) is 16.4 Å². The minimum absolute atomic E-state index is 0.0137. The minimum Gasteiger partial charge on any atom is -0.867 e. The molecule has 0 spiro atoms. The summed E-state index contributed by atoms with van der Waals surface area (Å²) in [5, 5.41) is 66.7. The van der Waals surface area contributed by atoms with Crippen LogP contribution in [0.15, 0.2) is 174 Å². The van der Waals surface area contributed by atoms with Crippen molar-refractivity contribution >= 4 is 81.9 Å². The van der Waals surface area contributed by atoms with E-state index in [9.17, 15) is 37.5 Å². The lowest BCUT2D eigenvalue weighted by molar-refractivity contribution is -0.265. The normalized spacial score (nSPS) is 13.0. The number of diazo groups is 3. The molecule has 0 heterocycles. The second-order valence-corrected chi connectivity index (χ2v) is 18.9. The van der Waals surface area contributed by atoms with Gasteiger partial charge < -0.3 is 32.8 Å². The summed E-state index contributed by atoms with van der Waals surface area (Å²) in [7, 11) is -4.51. The maximum atomic E-state index is 13.7. The first-order valence-electron chi connectivity index (χ1n) is 20.8. The predicted molar refractivity (Wildman–Crippen MR) is 255 cm³/mol. The van der Waals surface area contributed by atoms with Crippen LogP contribution < -0.4 is 32.8 Å². The van der Waals surface area contributed by atoms with Crippen LogP contribution in [0.25, 0.3) is 47.2 Å². The predicted octanol–water partition coefficient (Wildman–Crippen LogP) is 10.0. The van der Waals surface area contributed by atoms with Crippen LogP contribution in [0.1, 0.15) is 23.6 Å². The van der Waals surface area contributed by atoms with Crippen molar-refractivity contribution in [3.8, 4) is 40.2 Å². The first-order valence-corrected chi connectivity index (χ1v) is 24.3. The van der Waals surface area contributed by atoms with Gasteiger partial charge >= 0.3 is 38.5 Å². The van der Waals surface area contributed by atoms with Gasteiger partial charge in [-0.2, -0.15) is 12.6 Å². The summed E-state index contributed by atoms with van der Waals surface area (Å²) < 4.78 is 75.9. The molecule has 350 valence electrons. The van der Waals surface area contributed by atoms with Crippen molar-refractivity contribution in [2.24, 2.45) is 0 Å². The average molecular weight is 1000 g/mol. The summed E-state index contributed by atoms with van der Waals surface area (Å²) >= 11 is -4.62. The summed E-state index contributed by atoms with van der Waals surface area (Å²) in [6.45, 7) is 1.89. The molecule has 9 aromatic rings. The van der Waals surface area contributed by atoms with Gasteiger partial charge in [-0.3, -0.25) is 0 Å². The van der Waals surface area contributed by atoms with Crippen LogP contribution in [0.3, 0.4) is 0 Å². The molecule has 0 saturated carbocycles. The van der Waals surface area contributed by atoms with Gasteiger partial charge in [0.2, 0.25) is 27.3 Å². The van der Waals surface area contributed by atoms with E-state index in [1.165, 1.54) is 103 Å². The van der Waals surface area contributed by atoms with E-state index in [1.54, 1.807) is 60.7 Å². The molecule has 3 unspecified atom stereocenters. The lowest BCUT2D eigenvalue weighted by atomic mass is 9.71. The fourth-order valence-electron chi connectivity index (χ4n) is 8.02. The number of rotatable bonds is 14. The summed E-state index contributed by atoms with van der Waals surface area (Å²) in [6, 6.07) is 40.6. The maximum Gasteiger partial charge on any atom is 0.417 e. The van der Waals surface area contributed by atoms with E-state index in [-0.39, 0.29) is 71.4 Å². The van der Waals surface area contributed by atoms with Crippen molar-refractivity contribution in [1.82, 2.24) is 0 Å². The number of benzene rings is 9. The molecule has 0 aromatic heterocycles. The third-order valence-electron chi connectivity index (χ3n) is 11.6. The van der Waals surface area contributed by atoms with Crippen molar-refractivity contribution < 1.29 is 53.9 Å². The number of hydrogen-bond donors (Lipinski definition) is 0. The highest BCUT2D eigenvalue weighted by molar-refractivity contribution is 7.87. The van der Waals surface area contributed by atoms with Crippen LogP contribution in [0.2, 0.25) is 0 Å². The van der Waals surface area contributed by atoms with Crippen LogP contribution >= 0.6 is 0 Å². The molecular formula is C50H30N6O12S3. The van der Waals surface area contributed by atoms with Gasteiger partial charge in [-0.05, 0) is 130 Å². The Bertz CT molecular complexity index is 3900. The fraction of sp³-hybridized carbons (Fsp3) is 0.0400. The van der Waals surface area contributed by atoms with Gasteiger partial charge in [0.15, 0.2) is 26.4 Å². The van der Waals surface area contributed by atoms with Crippen LogP contribution in [-0.2, 0) is 42.3 Å². The van der Waals surface area contributed by atoms with E-state index in [1.807, 2.05) is 6.92 Å². The molecule has 71 heavy (non-hydrogen) atoms. The highest BCUT2D eigenvalue weighted by Crippen LogP contribution is 2.43. The Labute approximate surface area is 407 Å². The van der Waals surface area contributed by atoms with Crippen molar-refractivity contribution in [2.45, 2.75) is 22.1 Å². The topological polar surface area (TPSA) is 268 Å². The molecule has 0 radical (unpaired) electrons. The van der Waals surface area contributed by atoms with Crippen molar-refractivity contribution in [2.75, 3.05) is 0 Å². The molecular weight excluding hydrogens is 973 g/mol. The molecule has 0 aliphatic heterocycles. The Hall–Kier alpha value is -9.17. The van der Waals surface area contributed by atoms with Crippen LogP contribution in [0.4, 0.5) is 17.1 Å². The Balaban J connectivity index is 0.994. The first-order chi connectivity index (χ1) is 34.2. The summed E-state index contributed by atoms with van der Waals surface area (Å²) in [5.41, 5.74) is 0.305.